The summed E-state index contributed by atoms with van der Waals surface area (Å²) in [5.74, 6) is 0.703. The monoisotopic (exact) mass is 332 g/mol. The van der Waals surface area contributed by atoms with Gasteiger partial charge in [-0.2, -0.15) is 0 Å². The topological polar surface area (TPSA) is 67.4 Å². The highest BCUT2D eigenvalue weighted by Crippen LogP contribution is 2.28. The normalized spacial score (nSPS) is 15.5. The number of rotatable bonds is 10. The second kappa shape index (κ2) is 7.69. The summed E-state index contributed by atoms with van der Waals surface area (Å²) in [5.41, 5.74) is 0. The molecule has 1 saturated carbocycles. The Morgan fingerprint density at radius 1 is 1.43 bits per heavy atom. The molecule has 0 saturated heterocycles. The molecular formula is C14H24N2O3S2. The van der Waals surface area contributed by atoms with Crippen molar-refractivity contribution in [3.63, 3.8) is 0 Å². The van der Waals surface area contributed by atoms with Gasteiger partial charge in [0, 0.05) is 29.5 Å². The van der Waals surface area contributed by atoms with Crippen LogP contribution < -0.4 is 10.0 Å². The molecule has 2 N–H and O–H groups in total. The van der Waals surface area contributed by atoms with Gasteiger partial charge in [-0.15, -0.1) is 11.3 Å². The lowest BCUT2D eigenvalue weighted by molar-refractivity contribution is 0.129. The van der Waals surface area contributed by atoms with E-state index in [0.717, 1.165) is 22.9 Å². The molecule has 5 nitrogen and oxygen atoms in total. The zero-order valence-electron chi connectivity index (χ0n) is 12.6. The third-order valence-corrected chi connectivity index (χ3v) is 6.12. The maximum atomic E-state index is 12.3. The number of nitrogens with one attached hydrogen (secondary N) is 2. The second-order valence-corrected chi connectivity index (χ2v) is 8.41. The first-order valence-corrected chi connectivity index (χ1v) is 9.70. The fourth-order valence-corrected chi connectivity index (χ4v) is 4.60. The Balaban J connectivity index is 1.83. The van der Waals surface area contributed by atoms with E-state index in [1.54, 1.807) is 6.07 Å². The zero-order chi connectivity index (χ0) is 15.3. The Kier molecular flexibility index (Phi) is 6.19. The van der Waals surface area contributed by atoms with Crippen LogP contribution in [0, 0.1) is 12.8 Å². The van der Waals surface area contributed by atoms with E-state index in [-0.39, 0.29) is 0 Å². The largest absolute Gasteiger partial charge is 0.380 e. The lowest BCUT2D eigenvalue weighted by atomic mass is 10.4. The minimum atomic E-state index is -3.43. The number of hydrogen-bond donors (Lipinski definition) is 2. The Morgan fingerprint density at radius 2 is 2.19 bits per heavy atom. The van der Waals surface area contributed by atoms with Gasteiger partial charge < -0.3 is 10.1 Å². The maximum absolute atomic E-state index is 12.3. The molecule has 0 spiro atoms. The molecule has 120 valence electrons. The molecule has 7 heteroatoms. The van der Waals surface area contributed by atoms with Gasteiger partial charge in [-0.05, 0) is 38.3 Å². The van der Waals surface area contributed by atoms with Crippen LogP contribution >= 0.6 is 11.3 Å². The Morgan fingerprint density at radius 3 is 2.86 bits per heavy atom. The van der Waals surface area contributed by atoms with Crippen molar-refractivity contribution in [2.24, 2.45) is 5.92 Å². The van der Waals surface area contributed by atoms with Crippen LogP contribution in [-0.4, -0.2) is 34.7 Å². The average molecular weight is 332 g/mol. The van der Waals surface area contributed by atoms with Crippen LogP contribution in [0.5, 0.6) is 0 Å². The molecule has 0 amide bonds. The molecule has 0 aliphatic heterocycles. The van der Waals surface area contributed by atoms with Gasteiger partial charge in [-0.25, -0.2) is 13.1 Å². The molecule has 0 unspecified atom stereocenters. The van der Waals surface area contributed by atoms with Crippen molar-refractivity contribution in [3.8, 4) is 0 Å². The lowest BCUT2D eigenvalue weighted by Gasteiger charge is -2.06. The highest BCUT2D eigenvalue weighted by Gasteiger charge is 2.22. The molecule has 1 aromatic heterocycles. The van der Waals surface area contributed by atoms with Gasteiger partial charge in [-0.1, -0.05) is 6.92 Å². The summed E-state index contributed by atoms with van der Waals surface area (Å²) < 4.78 is 32.6. The smallest absolute Gasteiger partial charge is 0.241 e. The quantitative estimate of drug-likeness (QED) is 0.642. The van der Waals surface area contributed by atoms with Crippen LogP contribution in [0.4, 0.5) is 0 Å². The third kappa shape index (κ3) is 5.34. The van der Waals surface area contributed by atoms with Gasteiger partial charge in [-0.3, -0.25) is 0 Å². The van der Waals surface area contributed by atoms with E-state index in [9.17, 15) is 8.42 Å². The number of hydrogen-bond acceptors (Lipinski definition) is 5. The Bertz CT molecular complexity index is 551. The Labute approximate surface area is 131 Å². The zero-order valence-corrected chi connectivity index (χ0v) is 14.3. The summed E-state index contributed by atoms with van der Waals surface area (Å²) in [4.78, 5) is 2.26. The summed E-state index contributed by atoms with van der Waals surface area (Å²) in [5, 5.41) is 3.21. The van der Waals surface area contributed by atoms with Crippen molar-refractivity contribution in [2.75, 3.05) is 26.3 Å². The van der Waals surface area contributed by atoms with Gasteiger partial charge in [0.2, 0.25) is 10.0 Å². The Hall–Kier alpha value is -0.470. The number of thiophene rings is 1. The van der Waals surface area contributed by atoms with Crippen molar-refractivity contribution >= 4 is 21.4 Å². The summed E-state index contributed by atoms with van der Waals surface area (Å²) in [6, 6.07) is 1.76. The highest BCUT2D eigenvalue weighted by atomic mass is 32.2. The molecule has 1 aliphatic rings. The molecule has 0 radical (unpaired) electrons. The highest BCUT2D eigenvalue weighted by molar-refractivity contribution is 7.89. The van der Waals surface area contributed by atoms with Crippen molar-refractivity contribution < 1.29 is 13.2 Å². The summed E-state index contributed by atoms with van der Waals surface area (Å²) in [7, 11) is -3.43. The predicted octanol–water partition coefficient (Wildman–Crippen LogP) is 1.87. The number of aryl methyl sites for hydroxylation is 1. The minimum absolute atomic E-state index is 0.326. The van der Waals surface area contributed by atoms with Crippen LogP contribution in [0.3, 0.4) is 0 Å². The van der Waals surface area contributed by atoms with Crippen LogP contribution in [0.25, 0.3) is 0 Å². The van der Waals surface area contributed by atoms with Crippen LogP contribution in [0.15, 0.2) is 11.0 Å². The SMILES string of the molecule is CCNCc1cc(S(=O)(=O)NCCOCC2CC2)c(C)s1. The maximum Gasteiger partial charge on any atom is 0.241 e. The fraction of sp³-hybridized carbons (Fsp3) is 0.714. The van der Waals surface area contributed by atoms with E-state index in [0.29, 0.717) is 30.5 Å². The van der Waals surface area contributed by atoms with Crippen LogP contribution in [-0.2, 0) is 21.3 Å². The minimum Gasteiger partial charge on any atom is -0.380 e. The fourth-order valence-electron chi connectivity index (χ4n) is 1.99. The first kappa shape index (κ1) is 16.9. The van der Waals surface area contributed by atoms with Gasteiger partial charge >= 0.3 is 0 Å². The second-order valence-electron chi connectivity index (χ2n) is 5.33. The van der Waals surface area contributed by atoms with Crippen LogP contribution in [0.2, 0.25) is 0 Å². The molecule has 21 heavy (non-hydrogen) atoms. The van der Waals surface area contributed by atoms with E-state index in [2.05, 4.69) is 10.0 Å². The molecule has 1 aliphatic carbocycles. The first-order valence-electron chi connectivity index (χ1n) is 7.40. The summed E-state index contributed by atoms with van der Waals surface area (Å²) in [6.45, 7) is 6.97. The van der Waals surface area contributed by atoms with E-state index >= 15 is 0 Å². The van der Waals surface area contributed by atoms with Crippen LogP contribution in [0.1, 0.15) is 29.5 Å². The standard InChI is InChI=1S/C14H24N2O3S2/c1-3-15-9-13-8-14(11(2)20-13)21(17,18)16-6-7-19-10-12-4-5-12/h8,12,15-16H,3-7,9-10H2,1-2H3. The number of ether oxygens (including phenoxy) is 1. The van der Waals surface area contributed by atoms with E-state index in [4.69, 9.17) is 4.74 Å². The molecule has 0 atom stereocenters. The molecule has 1 fully saturated rings. The van der Waals surface area contributed by atoms with E-state index in [1.807, 2.05) is 13.8 Å². The number of sulfonamides is 1. The van der Waals surface area contributed by atoms with Crippen molar-refractivity contribution in [1.82, 2.24) is 10.0 Å². The van der Waals surface area contributed by atoms with Crippen molar-refractivity contribution in [2.45, 2.75) is 38.1 Å². The predicted molar refractivity (Wildman–Crippen MR) is 85.2 cm³/mol. The van der Waals surface area contributed by atoms with Gasteiger partial charge in [0.25, 0.3) is 0 Å². The molecule has 0 bridgehead atoms. The van der Waals surface area contributed by atoms with Gasteiger partial charge in [0.1, 0.15) is 0 Å². The molecular weight excluding hydrogens is 308 g/mol. The molecule has 1 heterocycles. The van der Waals surface area contributed by atoms with Gasteiger partial charge in [0.05, 0.1) is 11.5 Å². The lowest BCUT2D eigenvalue weighted by Crippen LogP contribution is -2.27. The average Bonchev–Trinajstić information content (AvgIpc) is 3.17. The third-order valence-electron chi connectivity index (χ3n) is 3.35. The van der Waals surface area contributed by atoms with E-state index in [1.165, 1.54) is 24.2 Å². The molecule has 2 rings (SSSR count). The first-order chi connectivity index (χ1) is 10.0. The van der Waals surface area contributed by atoms with Crippen molar-refractivity contribution in [1.29, 1.82) is 0 Å². The van der Waals surface area contributed by atoms with Gasteiger partial charge in [0.15, 0.2) is 0 Å². The summed E-state index contributed by atoms with van der Waals surface area (Å²) >= 11 is 1.52. The molecule has 1 aromatic rings. The summed E-state index contributed by atoms with van der Waals surface area (Å²) in [6.07, 6.45) is 2.49. The van der Waals surface area contributed by atoms with E-state index < -0.39 is 10.0 Å². The van der Waals surface area contributed by atoms with Crippen molar-refractivity contribution in [3.05, 3.63) is 15.8 Å². The molecule has 0 aromatic carbocycles.